The Morgan fingerprint density at radius 2 is 1.68 bits per heavy atom. The summed E-state index contributed by atoms with van der Waals surface area (Å²) in [4.78, 5) is 29.8. The van der Waals surface area contributed by atoms with Gasteiger partial charge in [-0.25, -0.2) is 0 Å². The predicted octanol–water partition coefficient (Wildman–Crippen LogP) is 6.76. The second kappa shape index (κ2) is 10.3. The van der Waals surface area contributed by atoms with Gasteiger partial charge < -0.3 is 23.9 Å². The fourth-order valence-electron chi connectivity index (χ4n) is 4.68. The van der Waals surface area contributed by atoms with E-state index in [-0.39, 0.29) is 0 Å². The van der Waals surface area contributed by atoms with Crippen LogP contribution in [0, 0.1) is 5.92 Å². The van der Waals surface area contributed by atoms with E-state index in [1.54, 1.807) is 30.5 Å². The summed E-state index contributed by atoms with van der Waals surface area (Å²) in [5, 5.41) is 1.52. The van der Waals surface area contributed by atoms with Gasteiger partial charge in [0.15, 0.2) is 17.4 Å². The van der Waals surface area contributed by atoms with Crippen LogP contribution >= 0.6 is 27.5 Å². The summed E-state index contributed by atoms with van der Waals surface area (Å²) in [5.74, 6) is -3.69. The summed E-state index contributed by atoms with van der Waals surface area (Å²) in [6.45, 7) is 3.36. The van der Waals surface area contributed by atoms with Gasteiger partial charge >= 0.3 is 11.9 Å². The van der Waals surface area contributed by atoms with Gasteiger partial charge in [-0.1, -0.05) is 57.9 Å². The highest BCUT2D eigenvalue weighted by molar-refractivity contribution is 9.10. The van der Waals surface area contributed by atoms with Gasteiger partial charge in [-0.2, -0.15) is 0 Å². The number of aromatic amines is 1. The van der Waals surface area contributed by atoms with Gasteiger partial charge in [0.05, 0.1) is 7.11 Å². The van der Waals surface area contributed by atoms with Gasteiger partial charge in [0.1, 0.15) is 6.61 Å². The van der Waals surface area contributed by atoms with Crippen LogP contribution in [0.5, 0.6) is 11.5 Å². The molecule has 1 aliphatic heterocycles. The highest BCUT2D eigenvalue weighted by atomic mass is 79.9. The summed E-state index contributed by atoms with van der Waals surface area (Å²) in [5.41, 5.74) is 3.20. The van der Waals surface area contributed by atoms with Crippen molar-refractivity contribution in [3.63, 3.8) is 0 Å². The predicted molar refractivity (Wildman–Crippen MR) is 146 cm³/mol. The lowest BCUT2D eigenvalue weighted by molar-refractivity contribution is -0.240. The van der Waals surface area contributed by atoms with Crippen LogP contribution in [0.15, 0.2) is 71.3 Å². The maximum absolute atomic E-state index is 13.3. The first-order chi connectivity index (χ1) is 18.2. The molecule has 0 aliphatic carbocycles. The summed E-state index contributed by atoms with van der Waals surface area (Å²) in [6, 6.07) is 18.6. The summed E-state index contributed by atoms with van der Waals surface area (Å²) in [6.07, 6.45) is 1.81. The van der Waals surface area contributed by atoms with Gasteiger partial charge in [-0.15, -0.1) is 0 Å². The number of hydrogen-bond donors (Lipinski definition) is 1. The average molecular weight is 599 g/mol. The lowest BCUT2D eigenvalue weighted by Gasteiger charge is -2.36. The minimum absolute atomic E-state index is 0.293. The molecule has 1 atom stereocenters. The van der Waals surface area contributed by atoms with E-state index >= 15 is 0 Å². The molecule has 1 aliphatic rings. The van der Waals surface area contributed by atoms with E-state index in [1.165, 1.54) is 21.0 Å². The van der Waals surface area contributed by atoms with E-state index in [9.17, 15) is 9.59 Å². The zero-order valence-electron chi connectivity index (χ0n) is 20.9. The van der Waals surface area contributed by atoms with E-state index in [0.717, 1.165) is 22.0 Å². The van der Waals surface area contributed by atoms with Crippen molar-refractivity contribution in [2.45, 2.75) is 32.2 Å². The normalized spacial score (nSPS) is 16.1. The molecule has 3 aromatic carbocycles. The van der Waals surface area contributed by atoms with Gasteiger partial charge in [-0.05, 0) is 47.0 Å². The van der Waals surface area contributed by atoms with E-state index in [2.05, 4.69) is 20.9 Å². The van der Waals surface area contributed by atoms with Crippen LogP contribution < -0.4 is 9.47 Å². The SMILES string of the molecule is COc1cc([C@H](c2c[nH]c3ccccc23)C2C(=O)OC(C)(C)OC2=O)c(Br)cc1OCc1ccc(Cl)cc1. The molecular weight excluding hydrogens is 574 g/mol. The highest BCUT2D eigenvalue weighted by Gasteiger charge is 2.49. The van der Waals surface area contributed by atoms with Crippen LogP contribution in [0.2, 0.25) is 5.02 Å². The minimum Gasteiger partial charge on any atom is -0.493 e. The number of benzene rings is 3. The molecule has 2 heterocycles. The third kappa shape index (κ3) is 5.11. The standard InChI is InChI=1S/C29H25BrClNO6/c1-29(2)37-27(33)26(28(34)38-29)25(20-14-32-22-7-5-4-6-18(20)22)19-12-23(35-3)24(13-21(19)30)36-15-16-8-10-17(31)11-9-16/h4-14,25-26,32H,15H2,1-3H3/t25-/m1/s1. The topological polar surface area (TPSA) is 86.9 Å². The Morgan fingerprint density at radius 3 is 2.37 bits per heavy atom. The number of cyclic esters (lactones) is 2. The Balaban J connectivity index is 1.59. The largest absolute Gasteiger partial charge is 0.493 e. The van der Waals surface area contributed by atoms with E-state index < -0.39 is 29.6 Å². The zero-order valence-corrected chi connectivity index (χ0v) is 23.3. The molecule has 38 heavy (non-hydrogen) atoms. The van der Waals surface area contributed by atoms with Crippen molar-refractivity contribution in [3.8, 4) is 11.5 Å². The fraction of sp³-hybridized carbons (Fsp3) is 0.241. The number of rotatable bonds is 7. The molecule has 0 unspecified atom stereocenters. The van der Waals surface area contributed by atoms with Gasteiger partial charge in [0.25, 0.3) is 5.79 Å². The number of para-hydroxylation sites is 1. The summed E-state index contributed by atoms with van der Waals surface area (Å²) >= 11 is 9.65. The summed E-state index contributed by atoms with van der Waals surface area (Å²) in [7, 11) is 1.54. The number of ether oxygens (including phenoxy) is 4. The number of fused-ring (bicyclic) bond motifs is 1. The number of hydrogen-bond acceptors (Lipinski definition) is 6. The Kier molecular flexibility index (Phi) is 7.11. The first-order valence-electron chi connectivity index (χ1n) is 11.9. The Hall–Kier alpha value is -3.49. The molecule has 0 radical (unpaired) electrons. The molecule has 5 rings (SSSR count). The number of carbonyl (C=O) groups excluding carboxylic acids is 2. The maximum Gasteiger partial charge on any atom is 0.324 e. The molecular formula is C29H25BrClNO6. The second-order valence-electron chi connectivity index (χ2n) is 9.43. The third-order valence-corrected chi connectivity index (χ3v) is 7.35. The molecule has 4 aromatic rings. The smallest absolute Gasteiger partial charge is 0.324 e. The molecule has 9 heteroatoms. The summed E-state index contributed by atoms with van der Waals surface area (Å²) < 4.78 is 23.4. The number of carbonyl (C=O) groups is 2. The van der Waals surface area contributed by atoms with Crippen molar-refractivity contribution in [1.82, 2.24) is 4.98 Å². The van der Waals surface area contributed by atoms with Gasteiger partial charge in [0, 0.05) is 46.4 Å². The molecule has 0 saturated carbocycles. The quantitative estimate of drug-likeness (QED) is 0.187. The van der Waals surface area contributed by atoms with Crippen molar-refractivity contribution < 1.29 is 28.5 Å². The fourth-order valence-corrected chi connectivity index (χ4v) is 5.38. The minimum atomic E-state index is -1.34. The molecule has 196 valence electrons. The molecule has 0 amide bonds. The molecule has 1 aromatic heterocycles. The van der Waals surface area contributed by atoms with Crippen molar-refractivity contribution in [2.75, 3.05) is 7.11 Å². The Morgan fingerprint density at radius 1 is 1.00 bits per heavy atom. The average Bonchev–Trinajstić information content (AvgIpc) is 3.29. The number of nitrogens with one attached hydrogen (secondary N) is 1. The Bertz CT molecular complexity index is 1490. The van der Waals surface area contributed by atoms with Crippen LogP contribution in [0.3, 0.4) is 0 Å². The Labute approximate surface area is 233 Å². The van der Waals surface area contributed by atoms with Crippen LogP contribution in [0.25, 0.3) is 10.9 Å². The van der Waals surface area contributed by atoms with Crippen LogP contribution in [0.1, 0.15) is 36.5 Å². The second-order valence-corrected chi connectivity index (χ2v) is 10.7. The molecule has 0 bridgehead atoms. The zero-order chi connectivity index (χ0) is 27.0. The number of methoxy groups -OCH3 is 1. The van der Waals surface area contributed by atoms with Crippen molar-refractivity contribution in [3.05, 3.63) is 93.0 Å². The van der Waals surface area contributed by atoms with Crippen LogP contribution in [0.4, 0.5) is 0 Å². The molecule has 1 saturated heterocycles. The third-order valence-electron chi connectivity index (χ3n) is 6.42. The van der Waals surface area contributed by atoms with Gasteiger partial charge in [-0.3, -0.25) is 9.59 Å². The van der Waals surface area contributed by atoms with Crippen LogP contribution in [-0.4, -0.2) is 29.8 Å². The molecule has 0 spiro atoms. The first-order valence-corrected chi connectivity index (χ1v) is 13.1. The van der Waals surface area contributed by atoms with E-state index in [4.69, 9.17) is 30.5 Å². The maximum atomic E-state index is 13.3. The monoisotopic (exact) mass is 597 g/mol. The van der Waals surface area contributed by atoms with Crippen LogP contribution in [-0.2, 0) is 25.7 Å². The van der Waals surface area contributed by atoms with E-state index in [0.29, 0.717) is 33.2 Å². The molecule has 7 nitrogen and oxygen atoms in total. The lowest BCUT2D eigenvalue weighted by atomic mass is 9.79. The number of aromatic nitrogens is 1. The molecule has 1 N–H and O–H groups in total. The van der Waals surface area contributed by atoms with Crippen molar-refractivity contribution in [2.24, 2.45) is 5.92 Å². The van der Waals surface area contributed by atoms with Crippen molar-refractivity contribution in [1.29, 1.82) is 0 Å². The first kappa shape index (κ1) is 26.1. The highest BCUT2D eigenvalue weighted by Crippen LogP contribution is 2.46. The van der Waals surface area contributed by atoms with E-state index in [1.807, 2.05) is 36.4 Å². The van der Waals surface area contributed by atoms with Crippen molar-refractivity contribution >= 4 is 50.4 Å². The number of halogens is 2. The molecule has 1 fully saturated rings. The number of esters is 2. The van der Waals surface area contributed by atoms with Gasteiger partial charge in [0.2, 0.25) is 0 Å². The number of H-pyrrole nitrogens is 1. The lowest BCUT2D eigenvalue weighted by Crippen LogP contribution is -2.48.